The molecular weight excluding hydrogens is 182 g/mol. The van der Waals surface area contributed by atoms with Gasteiger partial charge in [0.05, 0.1) is 6.61 Å². The lowest BCUT2D eigenvalue weighted by Crippen LogP contribution is -2.41. The van der Waals surface area contributed by atoms with E-state index in [0.29, 0.717) is 12.5 Å². The molecule has 0 aliphatic carbocycles. The van der Waals surface area contributed by atoms with Crippen molar-refractivity contribution in [3.8, 4) is 0 Å². The number of hydrogen-bond donors (Lipinski definition) is 3. The molecule has 0 aromatic carbocycles. The number of piperidine rings is 1. The van der Waals surface area contributed by atoms with Gasteiger partial charge in [0.25, 0.3) is 0 Å². The number of nitrogens with two attached hydrogens (primary N) is 2. The van der Waals surface area contributed by atoms with E-state index in [2.05, 4.69) is 5.32 Å². The van der Waals surface area contributed by atoms with Gasteiger partial charge in [-0.2, -0.15) is 0 Å². The van der Waals surface area contributed by atoms with E-state index >= 15 is 0 Å². The standard InChI is InChI=1S/C9H19N3O2/c10-8(9(11)13)6-14-5-7-1-3-12-4-2-7/h7-8,12H,1-6,10H2,(H2,11,13). The summed E-state index contributed by atoms with van der Waals surface area (Å²) in [5.41, 5.74) is 10.4. The monoisotopic (exact) mass is 201 g/mol. The summed E-state index contributed by atoms with van der Waals surface area (Å²) in [5.74, 6) is 0.0895. The molecule has 0 radical (unpaired) electrons. The van der Waals surface area contributed by atoms with E-state index in [4.69, 9.17) is 16.2 Å². The second kappa shape index (κ2) is 5.95. The first-order valence-electron chi connectivity index (χ1n) is 5.03. The van der Waals surface area contributed by atoms with E-state index in [1.165, 1.54) is 0 Å². The average Bonchev–Trinajstić information content (AvgIpc) is 2.19. The highest BCUT2D eigenvalue weighted by atomic mass is 16.5. The molecule has 82 valence electrons. The van der Waals surface area contributed by atoms with Gasteiger partial charge in [-0.15, -0.1) is 0 Å². The van der Waals surface area contributed by atoms with Gasteiger partial charge in [0.2, 0.25) is 5.91 Å². The number of carbonyl (C=O) groups excluding carboxylic acids is 1. The van der Waals surface area contributed by atoms with Gasteiger partial charge in [-0.05, 0) is 31.8 Å². The van der Waals surface area contributed by atoms with Crippen LogP contribution in [0.3, 0.4) is 0 Å². The molecule has 0 spiro atoms. The predicted molar refractivity (Wildman–Crippen MR) is 53.6 cm³/mol. The number of nitrogens with one attached hydrogen (secondary N) is 1. The molecule has 1 fully saturated rings. The van der Waals surface area contributed by atoms with Gasteiger partial charge in [0.1, 0.15) is 6.04 Å². The summed E-state index contributed by atoms with van der Waals surface area (Å²) in [4.78, 5) is 10.6. The van der Waals surface area contributed by atoms with Crippen LogP contribution in [-0.4, -0.2) is 38.3 Å². The summed E-state index contributed by atoms with van der Waals surface area (Å²) in [6.45, 7) is 3.02. The molecule has 0 aromatic rings. The number of carbonyl (C=O) groups is 1. The Kier molecular flexibility index (Phi) is 4.86. The first kappa shape index (κ1) is 11.4. The van der Waals surface area contributed by atoms with Crippen molar-refractivity contribution < 1.29 is 9.53 Å². The maximum absolute atomic E-state index is 10.6. The van der Waals surface area contributed by atoms with Crippen molar-refractivity contribution in [2.45, 2.75) is 18.9 Å². The lowest BCUT2D eigenvalue weighted by molar-refractivity contribution is -0.120. The molecule has 1 heterocycles. The number of primary amides is 1. The molecule has 0 bridgehead atoms. The first-order chi connectivity index (χ1) is 6.70. The number of ether oxygens (including phenoxy) is 1. The van der Waals surface area contributed by atoms with E-state index in [-0.39, 0.29) is 6.61 Å². The fourth-order valence-corrected chi connectivity index (χ4v) is 1.49. The van der Waals surface area contributed by atoms with Gasteiger partial charge >= 0.3 is 0 Å². The van der Waals surface area contributed by atoms with Gasteiger partial charge in [0.15, 0.2) is 0 Å². The van der Waals surface area contributed by atoms with Crippen LogP contribution in [0.1, 0.15) is 12.8 Å². The molecule has 5 N–H and O–H groups in total. The highest BCUT2D eigenvalue weighted by molar-refractivity contribution is 5.79. The molecule has 14 heavy (non-hydrogen) atoms. The van der Waals surface area contributed by atoms with Gasteiger partial charge in [-0.25, -0.2) is 0 Å². The lowest BCUT2D eigenvalue weighted by atomic mass is 9.99. The second-order valence-corrected chi connectivity index (χ2v) is 3.74. The van der Waals surface area contributed by atoms with Crippen LogP contribution in [0, 0.1) is 5.92 Å². The zero-order valence-corrected chi connectivity index (χ0v) is 8.37. The van der Waals surface area contributed by atoms with E-state index < -0.39 is 11.9 Å². The Labute approximate surface area is 84.2 Å². The third kappa shape index (κ3) is 4.04. The molecule has 0 saturated carbocycles. The van der Waals surface area contributed by atoms with Gasteiger partial charge in [-0.3, -0.25) is 4.79 Å². The van der Waals surface area contributed by atoms with Crippen LogP contribution in [-0.2, 0) is 9.53 Å². The fourth-order valence-electron chi connectivity index (χ4n) is 1.49. The first-order valence-corrected chi connectivity index (χ1v) is 5.03. The van der Waals surface area contributed by atoms with Crippen molar-refractivity contribution in [3.05, 3.63) is 0 Å². The van der Waals surface area contributed by atoms with Crippen LogP contribution in [0.25, 0.3) is 0 Å². The van der Waals surface area contributed by atoms with Crippen LogP contribution >= 0.6 is 0 Å². The molecule has 5 heteroatoms. The normalized spacial score (nSPS) is 20.6. The zero-order chi connectivity index (χ0) is 10.4. The van der Waals surface area contributed by atoms with Gasteiger partial charge in [-0.1, -0.05) is 0 Å². The van der Waals surface area contributed by atoms with E-state index in [1.54, 1.807) is 0 Å². The van der Waals surface area contributed by atoms with Crippen molar-refractivity contribution in [3.63, 3.8) is 0 Å². The highest BCUT2D eigenvalue weighted by Gasteiger charge is 2.14. The SMILES string of the molecule is NC(=O)C(N)COCC1CCNCC1. The van der Waals surface area contributed by atoms with Crippen molar-refractivity contribution >= 4 is 5.91 Å². The van der Waals surface area contributed by atoms with E-state index in [1.807, 2.05) is 0 Å². The van der Waals surface area contributed by atoms with E-state index in [9.17, 15) is 4.79 Å². The third-order valence-corrected chi connectivity index (χ3v) is 2.48. The third-order valence-electron chi connectivity index (χ3n) is 2.48. The maximum atomic E-state index is 10.6. The van der Waals surface area contributed by atoms with Gasteiger partial charge in [0, 0.05) is 6.61 Å². The Morgan fingerprint density at radius 1 is 1.50 bits per heavy atom. The highest BCUT2D eigenvalue weighted by Crippen LogP contribution is 2.11. The van der Waals surface area contributed by atoms with Crippen LogP contribution in [0.15, 0.2) is 0 Å². The Hall–Kier alpha value is -0.650. The summed E-state index contributed by atoms with van der Waals surface area (Å²) in [7, 11) is 0. The van der Waals surface area contributed by atoms with Crippen LogP contribution < -0.4 is 16.8 Å². The second-order valence-electron chi connectivity index (χ2n) is 3.74. The van der Waals surface area contributed by atoms with Crippen molar-refractivity contribution in [2.24, 2.45) is 17.4 Å². The predicted octanol–water partition coefficient (Wildman–Crippen LogP) is -1.18. The minimum Gasteiger partial charge on any atom is -0.379 e. The Balaban J connectivity index is 2.05. The van der Waals surface area contributed by atoms with Crippen LogP contribution in [0.2, 0.25) is 0 Å². The molecule has 5 nitrogen and oxygen atoms in total. The number of rotatable bonds is 5. The largest absolute Gasteiger partial charge is 0.379 e. The summed E-state index contributed by atoms with van der Waals surface area (Å²) >= 11 is 0. The Bertz CT molecular complexity index is 181. The van der Waals surface area contributed by atoms with Crippen molar-refractivity contribution in [1.29, 1.82) is 0 Å². The topological polar surface area (TPSA) is 90.4 Å². The minimum absolute atomic E-state index is 0.235. The smallest absolute Gasteiger partial charge is 0.236 e. The minimum atomic E-state index is -0.670. The van der Waals surface area contributed by atoms with Gasteiger partial charge < -0.3 is 21.5 Å². The molecule has 1 aliphatic rings. The Morgan fingerprint density at radius 2 is 2.14 bits per heavy atom. The molecule has 1 amide bonds. The number of amides is 1. The molecule has 1 unspecified atom stereocenters. The summed E-state index contributed by atoms with van der Waals surface area (Å²) in [6.07, 6.45) is 2.26. The molecule has 1 saturated heterocycles. The van der Waals surface area contributed by atoms with Crippen molar-refractivity contribution in [1.82, 2.24) is 5.32 Å². The zero-order valence-electron chi connectivity index (χ0n) is 8.37. The lowest BCUT2D eigenvalue weighted by Gasteiger charge is -2.22. The van der Waals surface area contributed by atoms with E-state index in [0.717, 1.165) is 25.9 Å². The van der Waals surface area contributed by atoms with Crippen molar-refractivity contribution in [2.75, 3.05) is 26.3 Å². The molecule has 1 atom stereocenters. The maximum Gasteiger partial charge on any atom is 0.236 e. The molecule has 0 aromatic heterocycles. The fraction of sp³-hybridized carbons (Fsp3) is 0.889. The van der Waals surface area contributed by atoms with Crippen LogP contribution in [0.4, 0.5) is 0 Å². The number of hydrogen-bond acceptors (Lipinski definition) is 4. The average molecular weight is 201 g/mol. The molecular formula is C9H19N3O2. The molecule has 1 rings (SSSR count). The molecule has 1 aliphatic heterocycles. The summed E-state index contributed by atoms with van der Waals surface area (Å²) in [6, 6.07) is -0.670. The summed E-state index contributed by atoms with van der Waals surface area (Å²) in [5, 5.41) is 3.28. The summed E-state index contributed by atoms with van der Waals surface area (Å²) < 4.78 is 5.34. The quantitative estimate of drug-likeness (QED) is 0.522. The van der Waals surface area contributed by atoms with Crippen LogP contribution in [0.5, 0.6) is 0 Å². The Morgan fingerprint density at radius 3 is 2.71 bits per heavy atom.